The second kappa shape index (κ2) is 7.35. The lowest BCUT2D eigenvalue weighted by molar-refractivity contribution is -0.130. The number of amides is 1. The Bertz CT molecular complexity index is 239. The molecule has 0 bridgehead atoms. The predicted molar refractivity (Wildman–Crippen MR) is 62.0 cm³/mol. The van der Waals surface area contributed by atoms with Crippen molar-refractivity contribution in [3.63, 3.8) is 0 Å². The summed E-state index contributed by atoms with van der Waals surface area (Å²) in [5, 5.41) is 14.5. The van der Waals surface area contributed by atoms with Crippen molar-refractivity contribution in [1.29, 1.82) is 0 Å². The molecule has 0 radical (unpaired) electrons. The van der Waals surface area contributed by atoms with Crippen LogP contribution in [0.25, 0.3) is 0 Å². The standard InChI is InChI=1S/C11H22N2O3/c1-7(2)11(16)9(6-12-4)13-10(15)5-8(3)14/h7-9,12,14H,5-6H2,1-4H3,(H,13,15)/t8-,9-/m0/s1. The minimum atomic E-state index is -0.690. The van der Waals surface area contributed by atoms with Crippen LogP contribution in [0.3, 0.4) is 0 Å². The molecule has 0 aromatic heterocycles. The second-order valence-corrected chi connectivity index (χ2v) is 4.29. The van der Waals surface area contributed by atoms with E-state index in [4.69, 9.17) is 5.11 Å². The third-order valence-corrected chi connectivity index (χ3v) is 2.14. The molecular formula is C11H22N2O3. The van der Waals surface area contributed by atoms with Gasteiger partial charge in [0.2, 0.25) is 5.91 Å². The summed E-state index contributed by atoms with van der Waals surface area (Å²) in [6.45, 7) is 5.54. The highest BCUT2D eigenvalue weighted by Crippen LogP contribution is 2.00. The Labute approximate surface area is 96.6 Å². The van der Waals surface area contributed by atoms with Crippen molar-refractivity contribution < 1.29 is 14.7 Å². The Morgan fingerprint density at radius 2 is 1.81 bits per heavy atom. The fraction of sp³-hybridized carbons (Fsp3) is 0.818. The van der Waals surface area contributed by atoms with Crippen LogP contribution in [-0.4, -0.2) is 42.5 Å². The minimum Gasteiger partial charge on any atom is -0.393 e. The predicted octanol–water partition coefficient (Wildman–Crippen LogP) is -0.313. The van der Waals surface area contributed by atoms with Gasteiger partial charge in [-0.25, -0.2) is 0 Å². The van der Waals surface area contributed by atoms with Gasteiger partial charge in [-0.2, -0.15) is 0 Å². The Morgan fingerprint density at radius 1 is 1.25 bits per heavy atom. The Hall–Kier alpha value is -0.940. The summed E-state index contributed by atoms with van der Waals surface area (Å²) in [6.07, 6.45) is -0.671. The van der Waals surface area contributed by atoms with Gasteiger partial charge in [-0.3, -0.25) is 9.59 Å². The first kappa shape index (κ1) is 15.1. The molecule has 0 heterocycles. The molecule has 3 N–H and O–H groups in total. The van der Waals surface area contributed by atoms with Crippen LogP contribution in [0.1, 0.15) is 27.2 Å². The van der Waals surface area contributed by atoms with Gasteiger partial charge in [0.25, 0.3) is 0 Å². The average Bonchev–Trinajstić information content (AvgIpc) is 2.14. The molecule has 0 aliphatic heterocycles. The molecule has 0 fully saturated rings. The van der Waals surface area contributed by atoms with E-state index in [0.29, 0.717) is 6.54 Å². The second-order valence-electron chi connectivity index (χ2n) is 4.29. The topological polar surface area (TPSA) is 78.4 Å². The van der Waals surface area contributed by atoms with E-state index in [2.05, 4.69) is 10.6 Å². The highest BCUT2D eigenvalue weighted by molar-refractivity contribution is 5.90. The monoisotopic (exact) mass is 230 g/mol. The first-order chi connectivity index (χ1) is 7.38. The number of hydrogen-bond acceptors (Lipinski definition) is 4. The third-order valence-electron chi connectivity index (χ3n) is 2.14. The molecule has 0 aliphatic rings. The molecule has 0 aromatic rings. The highest BCUT2D eigenvalue weighted by Gasteiger charge is 2.22. The number of carbonyl (C=O) groups is 2. The van der Waals surface area contributed by atoms with E-state index in [9.17, 15) is 9.59 Å². The van der Waals surface area contributed by atoms with E-state index >= 15 is 0 Å². The van der Waals surface area contributed by atoms with Crippen molar-refractivity contribution in [3.05, 3.63) is 0 Å². The Kier molecular flexibility index (Phi) is 6.92. The highest BCUT2D eigenvalue weighted by atomic mass is 16.3. The number of hydrogen-bond donors (Lipinski definition) is 3. The lowest BCUT2D eigenvalue weighted by atomic mass is 10.0. The van der Waals surface area contributed by atoms with Gasteiger partial charge in [-0.05, 0) is 14.0 Å². The molecule has 0 saturated carbocycles. The van der Waals surface area contributed by atoms with E-state index < -0.39 is 12.1 Å². The first-order valence-corrected chi connectivity index (χ1v) is 5.54. The van der Waals surface area contributed by atoms with E-state index in [0.717, 1.165) is 0 Å². The van der Waals surface area contributed by atoms with Crippen LogP contribution in [0.5, 0.6) is 0 Å². The summed E-state index contributed by atoms with van der Waals surface area (Å²) in [7, 11) is 1.72. The lowest BCUT2D eigenvalue weighted by Crippen LogP contribution is -2.48. The fourth-order valence-electron chi connectivity index (χ4n) is 1.35. The molecule has 5 nitrogen and oxygen atoms in total. The van der Waals surface area contributed by atoms with Crippen LogP contribution in [0.4, 0.5) is 0 Å². The van der Waals surface area contributed by atoms with Gasteiger partial charge >= 0.3 is 0 Å². The molecule has 0 aromatic carbocycles. The van der Waals surface area contributed by atoms with Crippen LogP contribution >= 0.6 is 0 Å². The molecule has 16 heavy (non-hydrogen) atoms. The summed E-state index contributed by atoms with van der Waals surface area (Å²) >= 11 is 0. The zero-order valence-corrected chi connectivity index (χ0v) is 10.4. The zero-order chi connectivity index (χ0) is 12.7. The zero-order valence-electron chi connectivity index (χ0n) is 10.4. The van der Waals surface area contributed by atoms with E-state index in [-0.39, 0.29) is 24.0 Å². The Morgan fingerprint density at radius 3 is 2.19 bits per heavy atom. The van der Waals surface area contributed by atoms with Gasteiger partial charge < -0.3 is 15.7 Å². The lowest BCUT2D eigenvalue weighted by Gasteiger charge is -2.19. The van der Waals surface area contributed by atoms with Crippen LogP contribution in [-0.2, 0) is 9.59 Å². The maximum Gasteiger partial charge on any atom is 0.223 e. The van der Waals surface area contributed by atoms with E-state index in [1.165, 1.54) is 6.92 Å². The first-order valence-electron chi connectivity index (χ1n) is 5.54. The van der Waals surface area contributed by atoms with Gasteiger partial charge in [0.15, 0.2) is 5.78 Å². The maximum absolute atomic E-state index is 11.7. The summed E-state index contributed by atoms with van der Waals surface area (Å²) in [5.41, 5.74) is 0. The molecule has 5 heteroatoms. The van der Waals surface area contributed by atoms with Gasteiger partial charge in [-0.1, -0.05) is 13.8 Å². The van der Waals surface area contributed by atoms with Crippen molar-refractivity contribution in [2.24, 2.45) is 5.92 Å². The van der Waals surface area contributed by atoms with Crippen molar-refractivity contribution >= 4 is 11.7 Å². The molecule has 0 spiro atoms. The number of nitrogens with one attached hydrogen (secondary N) is 2. The number of ketones is 1. The number of carbonyl (C=O) groups excluding carboxylic acids is 2. The smallest absolute Gasteiger partial charge is 0.223 e. The van der Waals surface area contributed by atoms with Crippen LogP contribution in [0.15, 0.2) is 0 Å². The van der Waals surface area contributed by atoms with Gasteiger partial charge in [0.1, 0.15) is 6.04 Å². The van der Waals surface area contributed by atoms with E-state index in [1.807, 2.05) is 0 Å². The van der Waals surface area contributed by atoms with Gasteiger partial charge in [0, 0.05) is 12.5 Å². The minimum absolute atomic E-state index is 0.00621. The summed E-state index contributed by atoms with van der Waals surface area (Å²) < 4.78 is 0. The normalized spacial score (nSPS) is 14.6. The molecule has 94 valence electrons. The fourth-order valence-corrected chi connectivity index (χ4v) is 1.35. The number of aliphatic hydroxyl groups excluding tert-OH is 1. The summed E-state index contributed by atoms with van der Waals surface area (Å²) in [4.78, 5) is 23.2. The number of Topliss-reactive ketones (excluding diaryl/α,β-unsaturated/α-hetero) is 1. The third kappa shape index (κ3) is 5.82. The van der Waals surface area contributed by atoms with Crippen LogP contribution < -0.4 is 10.6 Å². The molecule has 1 amide bonds. The van der Waals surface area contributed by atoms with Crippen LogP contribution in [0.2, 0.25) is 0 Å². The Balaban J connectivity index is 4.33. The van der Waals surface area contributed by atoms with Gasteiger partial charge in [0.05, 0.1) is 12.5 Å². The summed E-state index contributed by atoms with van der Waals surface area (Å²) in [5.74, 6) is -0.428. The SMILES string of the molecule is CNC[C@H](NC(=O)C[C@H](C)O)C(=O)C(C)C. The van der Waals surface area contributed by atoms with Gasteiger partial charge in [-0.15, -0.1) is 0 Å². The average molecular weight is 230 g/mol. The number of rotatable bonds is 7. The maximum atomic E-state index is 11.7. The number of aliphatic hydroxyl groups is 1. The van der Waals surface area contributed by atoms with Crippen LogP contribution in [0, 0.1) is 5.92 Å². The molecular weight excluding hydrogens is 208 g/mol. The quantitative estimate of drug-likeness (QED) is 0.560. The molecule has 0 rings (SSSR count). The van der Waals surface area contributed by atoms with Crippen molar-refractivity contribution in [3.8, 4) is 0 Å². The molecule has 2 atom stereocenters. The van der Waals surface area contributed by atoms with Crippen molar-refractivity contribution in [1.82, 2.24) is 10.6 Å². The molecule has 0 unspecified atom stereocenters. The largest absolute Gasteiger partial charge is 0.393 e. The van der Waals surface area contributed by atoms with E-state index in [1.54, 1.807) is 20.9 Å². The molecule has 0 aliphatic carbocycles. The van der Waals surface area contributed by atoms with Crippen molar-refractivity contribution in [2.75, 3.05) is 13.6 Å². The van der Waals surface area contributed by atoms with Crippen molar-refractivity contribution in [2.45, 2.75) is 39.3 Å². The number of likely N-dealkylation sites (N-methyl/N-ethyl adjacent to an activating group) is 1. The molecule has 0 saturated heterocycles. The summed E-state index contributed by atoms with van der Waals surface area (Å²) in [6, 6.07) is -0.517.